The van der Waals surface area contributed by atoms with Crippen molar-refractivity contribution in [2.24, 2.45) is 0 Å². The number of ether oxygens (including phenoxy) is 6. The fourth-order valence-electron chi connectivity index (χ4n) is 5.53. The van der Waals surface area contributed by atoms with E-state index in [0.29, 0.717) is 48.7 Å². The van der Waals surface area contributed by atoms with E-state index in [4.69, 9.17) is 28.4 Å². The summed E-state index contributed by atoms with van der Waals surface area (Å²) >= 11 is 0. The highest BCUT2D eigenvalue weighted by Crippen LogP contribution is 2.32. The minimum atomic E-state index is -3.81. The zero-order valence-electron chi connectivity index (χ0n) is 33.8. The molecule has 4 rings (SSSR count). The first-order valence-electron chi connectivity index (χ1n) is 19.0. The average Bonchev–Trinajstić information content (AvgIpc) is 3.18. The van der Waals surface area contributed by atoms with Crippen LogP contribution >= 0.6 is 0 Å². The van der Waals surface area contributed by atoms with Crippen LogP contribution in [-0.2, 0) is 51.6 Å². The molecule has 0 aliphatic rings. The Labute approximate surface area is 337 Å². The topological polar surface area (TPSA) is 124 Å². The first-order chi connectivity index (χ1) is 27.1. The number of rotatable bonds is 22. The first kappa shape index (κ1) is 44.5. The van der Waals surface area contributed by atoms with Gasteiger partial charge in [0.25, 0.3) is 0 Å². The standard InChI is InChI=1S/C46H54O10S/c1-31(2)45(47)53-25-9-23-51-29-39-27-37(15-21-43(39)55-33(5)6)35-11-17-41(18-12-35)57(49,50)42-19-13-36(14-20-42)38-16-22-44(56-34(7)8)40(28-38)30-52-24-10-26-54-46(48)32(3)4/h11-22,27-28,33-34H,1,3,9-10,23-26,29-30H2,2,4-8H3. The second-order valence-corrected chi connectivity index (χ2v) is 16.1. The number of hydrogen-bond donors (Lipinski definition) is 0. The van der Waals surface area contributed by atoms with Crippen molar-refractivity contribution >= 4 is 21.8 Å². The van der Waals surface area contributed by atoms with Crippen molar-refractivity contribution in [3.8, 4) is 33.8 Å². The fraction of sp³-hybridized carbons (Fsp3) is 0.348. The van der Waals surface area contributed by atoms with Crippen LogP contribution in [-0.4, -0.2) is 59.0 Å². The van der Waals surface area contributed by atoms with Gasteiger partial charge in [-0.05, 0) is 112 Å². The zero-order chi connectivity index (χ0) is 41.5. The molecule has 0 saturated heterocycles. The van der Waals surface area contributed by atoms with Gasteiger partial charge in [-0.15, -0.1) is 0 Å². The van der Waals surface area contributed by atoms with Gasteiger partial charge in [0.15, 0.2) is 0 Å². The van der Waals surface area contributed by atoms with E-state index in [9.17, 15) is 18.0 Å². The summed E-state index contributed by atoms with van der Waals surface area (Å²) in [6.07, 6.45) is 0.991. The van der Waals surface area contributed by atoms with Crippen molar-refractivity contribution in [3.63, 3.8) is 0 Å². The molecule has 304 valence electrons. The molecule has 0 aliphatic carbocycles. The Kier molecular flexibility index (Phi) is 16.7. The molecule has 0 aromatic heterocycles. The van der Waals surface area contributed by atoms with Crippen molar-refractivity contribution in [2.75, 3.05) is 26.4 Å². The molecule has 0 amide bonds. The second-order valence-electron chi connectivity index (χ2n) is 14.2. The van der Waals surface area contributed by atoms with Crippen LogP contribution in [0.15, 0.2) is 119 Å². The maximum Gasteiger partial charge on any atom is 0.333 e. The molecule has 4 aromatic rings. The minimum absolute atomic E-state index is 0.0412. The van der Waals surface area contributed by atoms with Gasteiger partial charge >= 0.3 is 11.9 Å². The smallest absolute Gasteiger partial charge is 0.333 e. The molecular formula is C46H54O10S. The molecule has 0 bridgehead atoms. The lowest BCUT2D eigenvalue weighted by Gasteiger charge is -2.16. The molecule has 57 heavy (non-hydrogen) atoms. The van der Waals surface area contributed by atoms with Crippen LogP contribution in [0.2, 0.25) is 0 Å². The van der Waals surface area contributed by atoms with Gasteiger partial charge in [0, 0.05) is 35.1 Å². The highest BCUT2D eigenvalue weighted by atomic mass is 32.2. The lowest BCUT2D eigenvalue weighted by molar-refractivity contribution is -0.140. The van der Waals surface area contributed by atoms with Crippen LogP contribution in [0.25, 0.3) is 22.3 Å². The number of sulfone groups is 1. The van der Waals surface area contributed by atoms with Gasteiger partial charge in [0.1, 0.15) is 11.5 Å². The summed E-state index contributed by atoms with van der Waals surface area (Å²) in [6, 6.07) is 25.2. The van der Waals surface area contributed by atoms with Crippen LogP contribution in [0, 0.1) is 0 Å². The van der Waals surface area contributed by atoms with E-state index >= 15 is 0 Å². The van der Waals surface area contributed by atoms with Gasteiger partial charge in [-0.2, -0.15) is 0 Å². The normalized spacial score (nSPS) is 11.4. The molecule has 4 aromatic carbocycles. The summed E-state index contributed by atoms with van der Waals surface area (Å²) in [4.78, 5) is 23.6. The van der Waals surface area contributed by atoms with Crippen LogP contribution in [0.1, 0.15) is 65.5 Å². The number of carbonyl (C=O) groups excluding carboxylic acids is 2. The summed E-state index contributed by atoms with van der Waals surface area (Å²) < 4.78 is 61.5. The van der Waals surface area contributed by atoms with Crippen molar-refractivity contribution < 1.29 is 46.4 Å². The predicted molar refractivity (Wildman–Crippen MR) is 221 cm³/mol. The quantitative estimate of drug-likeness (QED) is 0.0432. The van der Waals surface area contributed by atoms with Gasteiger partial charge in [-0.3, -0.25) is 0 Å². The number of hydrogen-bond acceptors (Lipinski definition) is 10. The van der Waals surface area contributed by atoms with Gasteiger partial charge < -0.3 is 28.4 Å². The van der Waals surface area contributed by atoms with Crippen LogP contribution in [0.3, 0.4) is 0 Å². The molecule has 0 atom stereocenters. The molecule has 0 unspecified atom stereocenters. The monoisotopic (exact) mass is 798 g/mol. The molecule has 0 N–H and O–H groups in total. The SMILES string of the molecule is C=C(C)C(=O)OCCCOCc1cc(-c2ccc(S(=O)(=O)c3ccc(-c4ccc(OC(C)C)c(COCCCOC(=O)C(=C)C)c4)cc3)cc2)ccc1OC(C)C. The third-order valence-electron chi connectivity index (χ3n) is 8.39. The summed E-state index contributed by atoms with van der Waals surface area (Å²) in [6.45, 7) is 20.0. The average molecular weight is 799 g/mol. The Morgan fingerprint density at radius 2 is 0.895 bits per heavy atom. The molecule has 11 heteroatoms. The van der Waals surface area contributed by atoms with E-state index < -0.39 is 21.8 Å². The summed E-state index contributed by atoms with van der Waals surface area (Å²) in [7, 11) is -3.81. The van der Waals surface area contributed by atoms with Crippen molar-refractivity contribution in [1.29, 1.82) is 0 Å². The fourth-order valence-corrected chi connectivity index (χ4v) is 6.79. The first-order valence-corrected chi connectivity index (χ1v) is 20.5. The van der Waals surface area contributed by atoms with Crippen molar-refractivity contribution in [3.05, 3.63) is 120 Å². The van der Waals surface area contributed by atoms with E-state index in [1.165, 1.54) is 0 Å². The third-order valence-corrected chi connectivity index (χ3v) is 10.2. The van der Waals surface area contributed by atoms with E-state index in [1.807, 2.05) is 64.1 Å². The van der Waals surface area contributed by atoms with E-state index in [1.54, 1.807) is 62.4 Å². The van der Waals surface area contributed by atoms with Crippen LogP contribution in [0.4, 0.5) is 0 Å². The van der Waals surface area contributed by atoms with Crippen LogP contribution in [0.5, 0.6) is 11.5 Å². The molecule has 0 spiro atoms. The zero-order valence-corrected chi connectivity index (χ0v) is 34.6. The van der Waals surface area contributed by atoms with Gasteiger partial charge in [-0.1, -0.05) is 49.6 Å². The molecule has 0 heterocycles. The van der Waals surface area contributed by atoms with Gasteiger partial charge in [0.2, 0.25) is 9.84 Å². The molecule has 0 aliphatic heterocycles. The Morgan fingerprint density at radius 1 is 0.544 bits per heavy atom. The Balaban J connectivity index is 1.44. The number of esters is 2. The molecule has 10 nitrogen and oxygen atoms in total. The van der Waals surface area contributed by atoms with Gasteiger partial charge in [-0.25, -0.2) is 18.0 Å². The van der Waals surface area contributed by atoms with E-state index in [0.717, 1.165) is 33.4 Å². The molecular weight excluding hydrogens is 745 g/mol. The Hall–Kier alpha value is -5.23. The molecule has 0 fully saturated rings. The highest BCUT2D eigenvalue weighted by molar-refractivity contribution is 7.91. The number of benzene rings is 4. The van der Waals surface area contributed by atoms with Crippen LogP contribution < -0.4 is 9.47 Å². The second kappa shape index (κ2) is 21.3. The lowest BCUT2D eigenvalue weighted by Crippen LogP contribution is -2.10. The number of carbonyl (C=O) groups is 2. The highest BCUT2D eigenvalue weighted by Gasteiger charge is 2.19. The van der Waals surface area contributed by atoms with E-state index in [-0.39, 0.29) is 48.4 Å². The van der Waals surface area contributed by atoms with Crippen molar-refractivity contribution in [2.45, 2.75) is 89.6 Å². The summed E-state index contributed by atoms with van der Waals surface area (Å²) in [5.41, 5.74) is 5.83. The minimum Gasteiger partial charge on any atom is -0.491 e. The molecule has 0 saturated carbocycles. The van der Waals surface area contributed by atoms with Crippen molar-refractivity contribution in [1.82, 2.24) is 0 Å². The summed E-state index contributed by atoms with van der Waals surface area (Å²) in [5, 5.41) is 0. The maximum absolute atomic E-state index is 13.7. The molecule has 0 radical (unpaired) electrons. The van der Waals surface area contributed by atoms with Gasteiger partial charge in [0.05, 0.1) is 61.6 Å². The lowest BCUT2D eigenvalue weighted by atomic mass is 10.0. The largest absolute Gasteiger partial charge is 0.491 e. The van der Waals surface area contributed by atoms with E-state index in [2.05, 4.69) is 13.2 Å². The Morgan fingerprint density at radius 3 is 1.23 bits per heavy atom. The Bertz CT molecular complexity index is 1960. The third kappa shape index (κ3) is 13.4. The maximum atomic E-state index is 13.7. The predicted octanol–water partition coefficient (Wildman–Crippen LogP) is 9.48. The summed E-state index contributed by atoms with van der Waals surface area (Å²) in [5.74, 6) is 0.555.